The predicted molar refractivity (Wildman–Crippen MR) is 124 cm³/mol. The number of aromatic nitrogens is 3. The molecule has 4 aromatic rings. The van der Waals surface area contributed by atoms with Crippen LogP contribution in [0, 0.1) is 0 Å². The van der Waals surface area contributed by atoms with E-state index in [4.69, 9.17) is 31.3 Å². The summed E-state index contributed by atoms with van der Waals surface area (Å²) in [6.07, 6.45) is 0.744. The van der Waals surface area contributed by atoms with Gasteiger partial charge in [-0.1, -0.05) is 36.4 Å². The van der Waals surface area contributed by atoms with Gasteiger partial charge >= 0.3 is 5.63 Å². The van der Waals surface area contributed by atoms with Gasteiger partial charge in [0.15, 0.2) is 5.82 Å². The van der Waals surface area contributed by atoms with E-state index >= 15 is 0 Å². The van der Waals surface area contributed by atoms with Crippen molar-refractivity contribution in [1.82, 2.24) is 14.9 Å². The van der Waals surface area contributed by atoms with Gasteiger partial charge in [0.05, 0.1) is 7.11 Å². The highest BCUT2D eigenvalue weighted by atomic mass is 35.5. The van der Waals surface area contributed by atoms with E-state index in [9.17, 15) is 4.79 Å². The lowest BCUT2D eigenvalue weighted by Crippen LogP contribution is -2.15. The van der Waals surface area contributed by atoms with Crippen LogP contribution in [0.2, 0.25) is 5.02 Å². The van der Waals surface area contributed by atoms with E-state index in [2.05, 4.69) is 10.2 Å². The van der Waals surface area contributed by atoms with Crippen LogP contribution in [0.15, 0.2) is 56.8 Å². The average Bonchev–Trinajstić information content (AvgIpc) is 3.15. The molecule has 0 atom stereocenters. The first-order valence-corrected chi connectivity index (χ1v) is 11.2. The van der Waals surface area contributed by atoms with Crippen LogP contribution in [0.1, 0.15) is 23.9 Å². The molecule has 0 saturated carbocycles. The summed E-state index contributed by atoms with van der Waals surface area (Å²) < 4.78 is 17.7. The van der Waals surface area contributed by atoms with Gasteiger partial charge < -0.3 is 19.7 Å². The standard InChI is InChI=1S/C22H21ClN4O4S/c1-3-13-7-19-17(10-18(13)23)14(8-21(28)31-19)12-32-22-26-25-20(27(22)24)11-30-16-6-4-5-15(9-16)29-2/h4-10H,3,11-12,24H2,1-2H3. The molecular formula is C22H21ClN4O4S. The zero-order chi connectivity index (χ0) is 22.7. The topological polar surface area (TPSA) is 105 Å². The molecule has 32 heavy (non-hydrogen) atoms. The van der Waals surface area contributed by atoms with Crippen LogP contribution in [-0.4, -0.2) is 22.0 Å². The van der Waals surface area contributed by atoms with Crippen LogP contribution in [0.5, 0.6) is 11.5 Å². The lowest BCUT2D eigenvalue weighted by molar-refractivity contribution is 0.289. The Balaban J connectivity index is 1.50. The van der Waals surface area contributed by atoms with Crippen molar-refractivity contribution in [3.63, 3.8) is 0 Å². The van der Waals surface area contributed by atoms with E-state index in [1.807, 2.05) is 37.3 Å². The van der Waals surface area contributed by atoms with Gasteiger partial charge in [0.25, 0.3) is 0 Å². The van der Waals surface area contributed by atoms with Crippen molar-refractivity contribution in [3.05, 3.63) is 74.9 Å². The lowest BCUT2D eigenvalue weighted by Gasteiger charge is -2.09. The Morgan fingerprint density at radius 3 is 2.75 bits per heavy atom. The highest BCUT2D eigenvalue weighted by Gasteiger charge is 2.14. The molecule has 0 spiro atoms. The monoisotopic (exact) mass is 472 g/mol. The molecule has 0 fully saturated rings. The van der Waals surface area contributed by atoms with E-state index in [0.29, 0.717) is 38.8 Å². The van der Waals surface area contributed by atoms with E-state index in [0.717, 1.165) is 22.9 Å². The third-order valence-electron chi connectivity index (χ3n) is 4.88. The summed E-state index contributed by atoms with van der Waals surface area (Å²) in [7, 11) is 1.59. The molecular weight excluding hydrogens is 452 g/mol. The van der Waals surface area contributed by atoms with Gasteiger partial charge in [0, 0.05) is 28.3 Å². The molecule has 0 amide bonds. The van der Waals surface area contributed by atoms with Crippen LogP contribution < -0.4 is 20.9 Å². The van der Waals surface area contributed by atoms with Crippen molar-refractivity contribution in [1.29, 1.82) is 0 Å². The number of rotatable bonds is 8. The van der Waals surface area contributed by atoms with Crippen molar-refractivity contribution in [2.45, 2.75) is 30.9 Å². The van der Waals surface area contributed by atoms with Crippen molar-refractivity contribution >= 4 is 34.3 Å². The van der Waals surface area contributed by atoms with Gasteiger partial charge in [0.2, 0.25) is 5.16 Å². The largest absolute Gasteiger partial charge is 0.497 e. The summed E-state index contributed by atoms with van der Waals surface area (Å²) >= 11 is 7.72. The number of fused-ring (bicyclic) bond motifs is 1. The Kier molecular flexibility index (Phi) is 6.57. The molecule has 0 radical (unpaired) electrons. The Morgan fingerprint density at radius 1 is 1.16 bits per heavy atom. The van der Waals surface area contributed by atoms with Gasteiger partial charge in [-0.2, -0.15) is 0 Å². The molecule has 2 N–H and O–H groups in total. The van der Waals surface area contributed by atoms with Gasteiger partial charge in [-0.3, -0.25) is 0 Å². The van der Waals surface area contributed by atoms with Crippen molar-refractivity contribution < 1.29 is 13.9 Å². The van der Waals surface area contributed by atoms with E-state index in [-0.39, 0.29) is 6.61 Å². The second-order valence-corrected chi connectivity index (χ2v) is 8.26. The number of benzene rings is 2. The number of methoxy groups -OCH3 is 1. The number of nitrogen functional groups attached to an aromatic ring is 1. The van der Waals surface area contributed by atoms with E-state index in [1.54, 1.807) is 13.2 Å². The zero-order valence-corrected chi connectivity index (χ0v) is 19.1. The number of halogens is 1. The summed E-state index contributed by atoms with van der Waals surface area (Å²) in [4.78, 5) is 12.0. The van der Waals surface area contributed by atoms with Crippen LogP contribution >= 0.6 is 23.4 Å². The molecule has 4 rings (SSSR count). The van der Waals surface area contributed by atoms with Crippen LogP contribution in [0.4, 0.5) is 0 Å². The fourth-order valence-electron chi connectivity index (χ4n) is 3.16. The smallest absolute Gasteiger partial charge is 0.336 e. The minimum absolute atomic E-state index is 0.143. The minimum Gasteiger partial charge on any atom is -0.497 e. The zero-order valence-electron chi connectivity index (χ0n) is 17.5. The second kappa shape index (κ2) is 9.54. The molecule has 0 saturated heterocycles. The highest BCUT2D eigenvalue weighted by molar-refractivity contribution is 7.98. The van der Waals surface area contributed by atoms with Crippen LogP contribution in [-0.2, 0) is 18.8 Å². The van der Waals surface area contributed by atoms with E-state index in [1.165, 1.54) is 22.5 Å². The number of nitrogens with zero attached hydrogens (tertiary/aromatic N) is 3. The molecule has 166 valence electrons. The number of thioether (sulfide) groups is 1. The second-order valence-electron chi connectivity index (χ2n) is 6.91. The van der Waals surface area contributed by atoms with Gasteiger partial charge in [0.1, 0.15) is 23.7 Å². The maximum Gasteiger partial charge on any atom is 0.336 e. The fraction of sp³-hybridized carbons (Fsp3) is 0.227. The lowest BCUT2D eigenvalue weighted by atomic mass is 10.1. The maximum atomic E-state index is 12.0. The van der Waals surface area contributed by atoms with Gasteiger partial charge in [-0.25, -0.2) is 9.47 Å². The molecule has 10 heteroatoms. The minimum atomic E-state index is -0.418. The molecule has 0 bridgehead atoms. The quantitative estimate of drug-likeness (QED) is 0.231. The Bertz CT molecular complexity index is 1320. The van der Waals surface area contributed by atoms with E-state index < -0.39 is 5.63 Å². The number of aryl methyl sites for hydroxylation is 1. The van der Waals surface area contributed by atoms with Crippen molar-refractivity contribution in [3.8, 4) is 11.5 Å². The first kappa shape index (κ1) is 22.0. The number of hydrogen-bond acceptors (Lipinski definition) is 8. The SMILES string of the molecule is CCc1cc2oc(=O)cc(CSc3nnc(COc4cccc(OC)c4)n3N)c2cc1Cl. The maximum absolute atomic E-state index is 12.0. The third-order valence-corrected chi connectivity index (χ3v) is 6.22. The molecule has 8 nitrogen and oxygen atoms in total. The summed E-state index contributed by atoms with van der Waals surface area (Å²) in [5, 5.41) is 10.2. The first-order valence-electron chi connectivity index (χ1n) is 9.82. The summed E-state index contributed by atoms with van der Waals surface area (Å²) in [5.74, 6) is 8.38. The van der Waals surface area contributed by atoms with Crippen LogP contribution in [0.3, 0.4) is 0 Å². The molecule has 2 aromatic heterocycles. The Morgan fingerprint density at radius 2 is 1.97 bits per heavy atom. The Hall–Kier alpha value is -3.17. The molecule has 0 aliphatic heterocycles. The van der Waals surface area contributed by atoms with Gasteiger partial charge in [-0.05, 0) is 41.8 Å². The number of ether oxygens (including phenoxy) is 2. The van der Waals surface area contributed by atoms with Crippen LogP contribution in [0.25, 0.3) is 11.0 Å². The highest BCUT2D eigenvalue weighted by Crippen LogP contribution is 2.29. The summed E-state index contributed by atoms with van der Waals surface area (Å²) in [6, 6.07) is 12.4. The summed E-state index contributed by atoms with van der Waals surface area (Å²) in [5.41, 5.74) is 1.80. The Labute approximate surface area is 193 Å². The van der Waals surface area contributed by atoms with Crippen molar-refractivity contribution in [2.24, 2.45) is 0 Å². The molecule has 0 unspecified atom stereocenters. The third kappa shape index (κ3) is 4.68. The molecule has 2 heterocycles. The average molecular weight is 473 g/mol. The number of hydrogen-bond donors (Lipinski definition) is 1. The first-order chi connectivity index (χ1) is 15.5. The molecule has 0 aliphatic rings. The van der Waals surface area contributed by atoms with Gasteiger partial charge in [-0.15, -0.1) is 10.2 Å². The normalized spacial score (nSPS) is 11.1. The summed E-state index contributed by atoms with van der Waals surface area (Å²) in [6.45, 7) is 2.14. The fourth-order valence-corrected chi connectivity index (χ4v) is 4.33. The molecule has 0 aliphatic carbocycles. The van der Waals surface area contributed by atoms with Crippen molar-refractivity contribution in [2.75, 3.05) is 13.0 Å². The number of nitrogens with two attached hydrogens (primary N) is 1. The predicted octanol–water partition coefficient (Wildman–Crippen LogP) is 4.19. The molecule has 2 aromatic carbocycles.